The first-order valence-corrected chi connectivity index (χ1v) is 7.62. The van der Waals surface area contributed by atoms with Crippen LogP contribution in [0, 0.1) is 0 Å². The summed E-state index contributed by atoms with van der Waals surface area (Å²) in [6.45, 7) is 4.16. The molecule has 0 aromatic heterocycles. The van der Waals surface area contributed by atoms with Crippen molar-refractivity contribution < 1.29 is 14.7 Å². The normalized spacial score (nSPS) is 11.5. The Hall–Kier alpha value is -1.26. The van der Waals surface area contributed by atoms with E-state index in [0.717, 1.165) is 5.56 Å². The highest BCUT2D eigenvalue weighted by Gasteiger charge is 2.11. The molecule has 0 saturated carbocycles. The fourth-order valence-electron chi connectivity index (χ4n) is 1.26. The molecule has 0 aliphatic carbocycles. The molecule has 2 N–H and O–H groups in total. The van der Waals surface area contributed by atoms with Crippen LogP contribution in [0.5, 0.6) is 0 Å². The molecule has 0 radical (unpaired) electrons. The standard InChI is InChI=1S/C11H14ClNO.C4H7ClO2.2CH4/c1-2-10(12)11(14)13-8-9-6-4-3-5-7-9;1-2-3(5)4(6)7;;/h3-7,10H,2,8H2,1H3,(H,13,14);3H,2H2,1H3,(H,6,7);2*1H4. The largest absolute Gasteiger partial charge is 0.480 e. The van der Waals surface area contributed by atoms with Crippen molar-refractivity contribution in [3.63, 3.8) is 0 Å². The molecular weight excluding hydrogens is 337 g/mol. The van der Waals surface area contributed by atoms with E-state index in [1.807, 2.05) is 37.3 Å². The molecule has 0 heterocycles. The quantitative estimate of drug-likeness (QED) is 0.719. The van der Waals surface area contributed by atoms with Crippen molar-refractivity contribution in [2.45, 2.75) is 58.8 Å². The lowest BCUT2D eigenvalue weighted by Gasteiger charge is -2.07. The topological polar surface area (TPSA) is 66.4 Å². The van der Waals surface area contributed by atoms with Gasteiger partial charge in [-0.05, 0) is 18.4 Å². The zero-order valence-electron chi connectivity index (χ0n) is 12.2. The van der Waals surface area contributed by atoms with Crippen LogP contribution in [0.15, 0.2) is 30.3 Å². The Balaban J connectivity index is -0.000000386. The molecule has 23 heavy (non-hydrogen) atoms. The molecule has 2 atom stereocenters. The van der Waals surface area contributed by atoms with Crippen LogP contribution in [0.1, 0.15) is 47.1 Å². The minimum absolute atomic E-state index is 0. The first kappa shape index (κ1) is 26.6. The van der Waals surface area contributed by atoms with Gasteiger partial charge in [0.25, 0.3) is 0 Å². The second-order valence-electron chi connectivity index (χ2n) is 4.29. The summed E-state index contributed by atoms with van der Waals surface area (Å²) < 4.78 is 0. The van der Waals surface area contributed by atoms with Crippen LogP contribution in [0.25, 0.3) is 0 Å². The Labute approximate surface area is 150 Å². The van der Waals surface area contributed by atoms with E-state index >= 15 is 0 Å². The molecule has 134 valence electrons. The van der Waals surface area contributed by atoms with Crippen molar-refractivity contribution in [2.24, 2.45) is 0 Å². The second-order valence-corrected chi connectivity index (χ2v) is 5.35. The van der Waals surface area contributed by atoms with Gasteiger partial charge in [0.1, 0.15) is 10.8 Å². The van der Waals surface area contributed by atoms with Crippen LogP contribution in [0.3, 0.4) is 0 Å². The Morgan fingerprint density at radius 1 is 1.04 bits per heavy atom. The van der Waals surface area contributed by atoms with Gasteiger partial charge in [-0.3, -0.25) is 9.59 Å². The predicted molar refractivity (Wildman–Crippen MR) is 99.3 cm³/mol. The number of halogens is 2. The highest BCUT2D eigenvalue weighted by molar-refractivity contribution is 6.30. The zero-order valence-corrected chi connectivity index (χ0v) is 13.7. The molecule has 0 aliphatic heterocycles. The highest BCUT2D eigenvalue weighted by Crippen LogP contribution is 2.02. The summed E-state index contributed by atoms with van der Waals surface area (Å²) in [5.74, 6) is -1.04. The highest BCUT2D eigenvalue weighted by atomic mass is 35.5. The summed E-state index contributed by atoms with van der Waals surface area (Å²) >= 11 is 11.0. The SMILES string of the molecule is C.C.CCC(Cl)C(=O)NCc1ccccc1.CCC(Cl)C(=O)O. The van der Waals surface area contributed by atoms with Gasteiger partial charge in [-0.2, -0.15) is 0 Å². The summed E-state index contributed by atoms with van der Waals surface area (Å²) in [4.78, 5) is 21.1. The third-order valence-electron chi connectivity index (χ3n) is 2.58. The Bertz CT molecular complexity index is 427. The number of rotatable bonds is 6. The lowest BCUT2D eigenvalue weighted by molar-refractivity contribution is -0.136. The Morgan fingerprint density at radius 2 is 1.52 bits per heavy atom. The van der Waals surface area contributed by atoms with Gasteiger partial charge in [-0.25, -0.2) is 0 Å². The first-order chi connectivity index (χ1) is 9.92. The molecule has 1 aromatic carbocycles. The average molecular weight is 366 g/mol. The van der Waals surface area contributed by atoms with Crippen molar-refractivity contribution in [3.05, 3.63) is 35.9 Å². The van der Waals surface area contributed by atoms with E-state index in [9.17, 15) is 9.59 Å². The van der Waals surface area contributed by atoms with Crippen LogP contribution in [0.2, 0.25) is 0 Å². The molecule has 6 heteroatoms. The summed E-state index contributed by atoms with van der Waals surface area (Å²) in [6.07, 6.45) is 1.14. The molecule has 0 spiro atoms. The molecule has 4 nitrogen and oxygen atoms in total. The number of nitrogens with one attached hydrogen (secondary N) is 1. The fourth-order valence-corrected chi connectivity index (χ4v) is 1.33. The van der Waals surface area contributed by atoms with Crippen LogP contribution in [-0.4, -0.2) is 27.7 Å². The van der Waals surface area contributed by atoms with Crippen molar-refractivity contribution in [1.29, 1.82) is 0 Å². The van der Waals surface area contributed by atoms with Gasteiger partial charge < -0.3 is 10.4 Å². The van der Waals surface area contributed by atoms with Gasteiger partial charge in [0, 0.05) is 6.54 Å². The second kappa shape index (κ2) is 15.6. The molecule has 2 unspecified atom stereocenters. The Kier molecular flexibility index (Phi) is 18.1. The van der Waals surface area contributed by atoms with Gasteiger partial charge in [0.2, 0.25) is 5.91 Å². The molecule has 1 amide bonds. The third-order valence-corrected chi connectivity index (χ3v) is 3.58. The average Bonchev–Trinajstić information content (AvgIpc) is 2.52. The van der Waals surface area contributed by atoms with Crippen molar-refractivity contribution in [1.82, 2.24) is 5.32 Å². The van der Waals surface area contributed by atoms with Gasteiger partial charge in [0.05, 0.1) is 0 Å². The van der Waals surface area contributed by atoms with Crippen LogP contribution in [0.4, 0.5) is 0 Å². The molecule has 0 saturated heterocycles. The number of alkyl halides is 2. The maximum absolute atomic E-state index is 11.3. The van der Waals surface area contributed by atoms with Crippen LogP contribution >= 0.6 is 23.2 Å². The third kappa shape index (κ3) is 12.9. The molecule has 0 aliphatic rings. The molecule has 0 bridgehead atoms. The van der Waals surface area contributed by atoms with E-state index in [1.165, 1.54) is 0 Å². The van der Waals surface area contributed by atoms with E-state index in [1.54, 1.807) is 6.92 Å². The molecule has 1 aromatic rings. The summed E-state index contributed by atoms with van der Waals surface area (Å²) in [5.41, 5.74) is 1.08. The minimum atomic E-state index is -0.941. The van der Waals surface area contributed by atoms with Gasteiger partial charge >= 0.3 is 5.97 Å². The number of carboxylic acid groups (broad SMARTS) is 1. The van der Waals surface area contributed by atoms with Crippen LogP contribution < -0.4 is 5.32 Å². The van der Waals surface area contributed by atoms with E-state index in [4.69, 9.17) is 28.3 Å². The van der Waals surface area contributed by atoms with E-state index in [-0.39, 0.29) is 20.8 Å². The number of hydrogen-bond acceptors (Lipinski definition) is 2. The predicted octanol–water partition coefficient (Wildman–Crippen LogP) is 4.68. The summed E-state index contributed by atoms with van der Waals surface area (Å²) in [5, 5.41) is 9.70. The van der Waals surface area contributed by atoms with Gasteiger partial charge in [-0.15, -0.1) is 23.2 Å². The van der Waals surface area contributed by atoms with E-state index < -0.39 is 16.7 Å². The zero-order chi connectivity index (χ0) is 16.3. The number of amides is 1. The summed E-state index contributed by atoms with van der Waals surface area (Å²) in [7, 11) is 0. The molecule has 1 rings (SSSR count). The smallest absolute Gasteiger partial charge is 0.321 e. The lowest BCUT2D eigenvalue weighted by atomic mass is 10.2. The maximum Gasteiger partial charge on any atom is 0.321 e. The number of carboxylic acids is 1. The van der Waals surface area contributed by atoms with Crippen molar-refractivity contribution >= 4 is 35.1 Å². The van der Waals surface area contributed by atoms with E-state index in [0.29, 0.717) is 19.4 Å². The number of carbonyl (C=O) groups excluding carboxylic acids is 1. The number of benzene rings is 1. The van der Waals surface area contributed by atoms with Gasteiger partial charge in [-0.1, -0.05) is 59.0 Å². The van der Waals surface area contributed by atoms with Crippen LogP contribution in [-0.2, 0) is 16.1 Å². The number of hydrogen-bond donors (Lipinski definition) is 2. The number of carbonyl (C=O) groups is 2. The monoisotopic (exact) mass is 365 g/mol. The first-order valence-electron chi connectivity index (χ1n) is 6.74. The minimum Gasteiger partial charge on any atom is -0.480 e. The van der Waals surface area contributed by atoms with Crippen molar-refractivity contribution in [3.8, 4) is 0 Å². The number of aliphatic carboxylic acids is 1. The van der Waals surface area contributed by atoms with Gasteiger partial charge in [0.15, 0.2) is 0 Å². The fraction of sp³-hybridized carbons (Fsp3) is 0.529. The van der Waals surface area contributed by atoms with E-state index in [2.05, 4.69) is 5.32 Å². The molecule has 0 fully saturated rings. The maximum atomic E-state index is 11.3. The molecular formula is C17H29Cl2NO3. The summed E-state index contributed by atoms with van der Waals surface area (Å²) in [6, 6.07) is 9.77. The van der Waals surface area contributed by atoms with Crippen molar-refractivity contribution in [2.75, 3.05) is 0 Å². The Morgan fingerprint density at radius 3 is 1.87 bits per heavy atom. The lowest BCUT2D eigenvalue weighted by Crippen LogP contribution is -2.30.